The second kappa shape index (κ2) is 11.8. The van der Waals surface area contributed by atoms with E-state index in [0.717, 1.165) is 11.2 Å². The zero-order valence-corrected chi connectivity index (χ0v) is 22.4. The number of benzene rings is 2. The first-order valence-corrected chi connectivity index (χ1v) is 12.7. The quantitative estimate of drug-likeness (QED) is 0.264. The van der Waals surface area contributed by atoms with Crippen LogP contribution in [0.4, 0.5) is 21.6 Å². The van der Waals surface area contributed by atoms with Gasteiger partial charge < -0.3 is 24.7 Å². The molecule has 2 aromatic carbocycles. The second-order valence-corrected chi connectivity index (χ2v) is 9.40. The molecule has 3 aromatic heterocycles. The molecule has 0 radical (unpaired) electrons. The summed E-state index contributed by atoms with van der Waals surface area (Å²) in [4.78, 5) is 27.3. The van der Waals surface area contributed by atoms with Gasteiger partial charge in [-0.3, -0.25) is 4.79 Å². The summed E-state index contributed by atoms with van der Waals surface area (Å²) >= 11 is 0. The summed E-state index contributed by atoms with van der Waals surface area (Å²) in [6.45, 7) is 2.70. The highest BCUT2D eigenvalue weighted by atomic mass is 19.1. The molecule has 40 heavy (non-hydrogen) atoms. The number of hydrogen-bond acceptors (Lipinski definition) is 7. The third kappa shape index (κ3) is 6.17. The lowest BCUT2D eigenvalue weighted by molar-refractivity contribution is -0.111. The third-order valence-corrected chi connectivity index (χ3v) is 6.19. The van der Waals surface area contributed by atoms with Crippen molar-refractivity contribution < 1.29 is 13.9 Å². The van der Waals surface area contributed by atoms with Crippen LogP contribution in [0.15, 0.2) is 67.4 Å². The van der Waals surface area contributed by atoms with Crippen LogP contribution in [0.25, 0.3) is 16.6 Å². The zero-order chi connectivity index (χ0) is 28.1. The van der Waals surface area contributed by atoms with Crippen molar-refractivity contribution in [1.29, 1.82) is 0 Å². The molecule has 0 unspecified atom stereocenters. The van der Waals surface area contributed by atoms with Gasteiger partial charge in [0.15, 0.2) is 0 Å². The number of halogens is 1. The number of hydrogen-bond donors (Lipinski definition) is 2. The number of carbonyl (C=O) groups excluding carboxylic acids is 1. The fraction of sp³-hybridized carbons (Fsp3) is 0.200. The lowest BCUT2D eigenvalue weighted by Crippen LogP contribution is -2.20. The van der Waals surface area contributed by atoms with Crippen molar-refractivity contribution in [2.24, 2.45) is 0 Å². The number of nitrogens with zero attached hydrogens (tertiary/aromatic N) is 5. The molecule has 5 aromatic rings. The predicted octanol–water partition coefficient (Wildman–Crippen LogP) is 4.65. The van der Waals surface area contributed by atoms with Gasteiger partial charge in [0, 0.05) is 48.7 Å². The Kier molecular flexibility index (Phi) is 7.84. The van der Waals surface area contributed by atoms with Crippen molar-refractivity contribution >= 4 is 39.6 Å². The molecule has 0 bridgehead atoms. The summed E-state index contributed by atoms with van der Waals surface area (Å²) in [7, 11) is 3.90. The third-order valence-electron chi connectivity index (χ3n) is 6.19. The van der Waals surface area contributed by atoms with E-state index in [0.29, 0.717) is 59.0 Å². The molecule has 5 rings (SSSR count). The Hall–Kier alpha value is -5.01. The minimum Gasteiger partial charge on any atom is -0.490 e. The number of likely N-dealkylation sites (N-methyl/N-ethyl adjacent to an activating group) is 1. The van der Waals surface area contributed by atoms with E-state index in [-0.39, 0.29) is 5.82 Å². The first-order chi connectivity index (χ1) is 19.4. The van der Waals surface area contributed by atoms with Crippen LogP contribution in [0.1, 0.15) is 18.1 Å². The van der Waals surface area contributed by atoms with Gasteiger partial charge in [0.2, 0.25) is 0 Å². The maximum atomic E-state index is 15.1. The molecular weight excluding hydrogens is 509 g/mol. The Morgan fingerprint density at radius 2 is 1.98 bits per heavy atom. The van der Waals surface area contributed by atoms with E-state index in [1.165, 1.54) is 12.4 Å². The molecule has 0 aliphatic heterocycles. The zero-order valence-electron chi connectivity index (χ0n) is 22.4. The molecule has 0 saturated heterocycles. The van der Waals surface area contributed by atoms with Crippen molar-refractivity contribution in [1.82, 2.24) is 24.3 Å². The number of anilines is 3. The highest BCUT2D eigenvalue weighted by Gasteiger charge is 2.14. The van der Waals surface area contributed by atoms with E-state index in [1.807, 2.05) is 47.9 Å². The average molecular weight is 538 g/mol. The van der Waals surface area contributed by atoms with Gasteiger partial charge in [-0.2, -0.15) is 0 Å². The number of fused-ring (bicyclic) bond motifs is 2. The van der Waals surface area contributed by atoms with Crippen LogP contribution >= 0.6 is 0 Å². The van der Waals surface area contributed by atoms with Crippen molar-refractivity contribution in [3.63, 3.8) is 0 Å². The van der Waals surface area contributed by atoms with Crippen LogP contribution in [0.5, 0.6) is 5.75 Å². The number of nitrogens with one attached hydrogen (secondary N) is 2. The van der Waals surface area contributed by atoms with Crippen molar-refractivity contribution in [2.75, 3.05) is 37.9 Å². The Morgan fingerprint density at radius 3 is 2.77 bits per heavy atom. The molecule has 0 spiro atoms. The minimum atomic E-state index is -0.463. The lowest BCUT2D eigenvalue weighted by Gasteiger charge is -2.16. The molecule has 10 heteroatoms. The highest BCUT2D eigenvalue weighted by molar-refractivity contribution is 6.06. The largest absolute Gasteiger partial charge is 0.490 e. The van der Waals surface area contributed by atoms with Gasteiger partial charge in [0.25, 0.3) is 5.91 Å². The summed E-state index contributed by atoms with van der Waals surface area (Å²) in [5.74, 6) is 5.19. The first kappa shape index (κ1) is 26.6. The predicted molar refractivity (Wildman–Crippen MR) is 153 cm³/mol. The maximum Gasteiger partial charge on any atom is 0.300 e. The van der Waals surface area contributed by atoms with E-state index in [4.69, 9.17) is 4.74 Å². The normalized spacial score (nSPS) is 10.9. The molecular formula is C30H28FN7O2. The van der Waals surface area contributed by atoms with Gasteiger partial charge in [-0.1, -0.05) is 12.0 Å². The van der Waals surface area contributed by atoms with Crippen LogP contribution < -0.4 is 15.4 Å². The van der Waals surface area contributed by atoms with Crippen LogP contribution in [0.3, 0.4) is 0 Å². The monoisotopic (exact) mass is 537 g/mol. The summed E-state index contributed by atoms with van der Waals surface area (Å²) < 4.78 is 23.0. The molecule has 9 nitrogen and oxygen atoms in total. The fourth-order valence-corrected chi connectivity index (χ4v) is 4.19. The van der Waals surface area contributed by atoms with E-state index in [1.54, 1.807) is 37.4 Å². The second-order valence-electron chi connectivity index (χ2n) is 9.40. The van der Waals surface area contributed by atoms with Gasteiger partial charge >= 0.3 is 0 Å². The summed E-state index contributed by atoms with van der Waals surface area (Å²) in [5, 5.41) is 6.60. The van der Waals surface area contributed by atoms with Crippen LogP contribution in [0, 0.1) is 17.7 Å². The first-order valence-electron chi connectivity index (χ1n) is 12.7. The number of amides is 1. The van der Waals surface area contributed by atoms with Crippen LogP contribution in [-0.2, 0) is 11.2 Å². The van der Waals surface area contributed by atoms with E-state index >= 15 is 4.39 Å². The number of ether oxygens (including phenoxy) is 1. The van der Waals surface area contributed by atoms with Gasteiger partial charge in [-0.15, -0.1) is 0 Å². The summed E-state index contributed by atoms with van der Waals surface area (Å²) in [5.41, 5.74) is 3.91. The van der Waals surface area contributed by atoms with Gasteiger partial charge in [0.1, 0.15) is 36.0 Å². The SMILES string of the molecule is CC#CC(=O)Nc1cc2c(Nc3ccc(Cc4ccn5ccnc5c4)c(F)c3)ncnc2cc1OCCN(C)C. The summed E-state index contributed by atoms with van der Waals surface area (Å²) in [6.07, 6.45) is 7.37. The Bertz CT molecular complexity index is 1750. The lowest BCUT2D eigenvalue weighted by atomic mass is 10.0. The van der Waals surface area contributed by atoms with Crippen molar-refractivity contribution in [3.8, 4) is 17.6 Å². The van der Waals surface area contributed by atoms with Gasteiger partial charge in [-0.05, 0) is 68.4 Å². The van der Waals surface area contributed by atoms with Crippen molar-refractivity contribution in [3.05, 3.63) is 84.3 Å². The Labute approximate surface area is 231 Å². The molecule has 1 amide bonds. The maximum absolute atomic E-state index is 15.1. The standard InChI is InChI=1S/C30H28FN7O2/c1-4-5-29(39)36-26-17-23-25(18-27(26)40-13-12-37(2)3)33-19-34-30(23)35-22-7-6-21(24(31)16-22)14-20-8-10-38-11-9-32-28(38)15-20/h6-11,15-19H,12-14H2,1-3H3,(H,36,39)(H,33,34,35). The van der Waals surface area contributed by atoms with Gasteiger partial charge in [-0.25, -0.2) is 19.3 Å². The number of rotatable bonds is 9. The Morgan fingerprint density at radius 1 is 1.10 bits per heavy atom. The molecule has 0 fully saturated rings. The number of imidazole rings is 1. The van der Waals surface area contributed by atoms with E-state index < -0.39 is 5.91 Å². The number of carbonyl (C=O) groups is 1. The molecule has 0 atom stereocenters. The smallest absolute Gasteiger partial charge is 0.300 e. The van der Waals surface area contributed by atoms with E-state index in [2.05, 4.69) is 37.4 Å². The number of pyridine rings is 1. The molecule has 0 aliphatic carbocycles. The van der Waals surface area contributed by atoms with E-state index in [9.17, 15) is 4.79 Å². The molecule has 202 valence electrons. The summed E-state index contributed by atoms with van der Waals surface area (Å²) in [6, 6.07) is 12.4. The number of aromatic nitrogens is 4. The van der Waals surface area contributed by atoms with Crippen LogP contribution in [0.2, 0.25) is 0 Å². The van der Waals surface area contributed by atoms with Crippen molar-refractivity contribution in [2.45, 2.75) is 13.3 Å². The van der Waals surface area contributed by atoms with Gasteiger partial charge in [0.05, 0.1) is 11.2 Å². The van der Waals surface area contributed by atoms with Crippen LogP contribution in [-0.4, -0.2) is 57.4 Å². The fourth-order valence-electron chi connectivity index (χ4n) is 4.19. The topological polar surface area (TPSA) is 96.7 Å². The Balaban J connectivity index is 1.41. The highest BCUT2D eigenvalue weighted by Crippen LogP contribution is 2.33. The minimum absolute atomic E-state index is 0.339. The molecule has 0 saturated carbocycles. The molecule has 3 heterocycles. The molecule has 2 N–H and O–H groups in total. The average Bonchev–Trinajstić information content (AvgIpc) is 3.39. The molecule has 0 aliphatic rings.